The number of piperidine rings is 1. The van der Waals surface area contributed by atoms with Gasteiger partial charge in [0.1, 0.15) is 11.3 Å². The van der Waals surface area contributed by atoms with Crippen molar-refractivity contribution in [2.75, 3.05) is 31.1 Å². The molecule has 0 atom stereocenters. The van der Waals surface area contributed by atoms with Gasteiger partial charge in [-0.2, -0.15) is 0 Å². The standard InChI is InChI=1S/C25H35N5/c1-4-8-24-27-23-9-7-16-26-25(23)30(24)22-14-17-28(18-15-22)19-20-10-12-21(13-11-20)29(5-2)6-3/h7,9-13,16,22H,4-6,8,14-15,17-19H2,1-3H3. The molecule has 3 aromatic rings. The maximum absolute atomic E-state index is 4.88. The Hall–Kier alpha value is -2.40. The number of aryl methyl sites for hydroxylation is 1. The van der Waals surface area contributed by atoms with Crippen LogP contribution in [-0.2, 0) is 13.0 Å². The number of nitrogens with zero attached hydrogens (tertiary/aromatic N) is 5. The summed E-state index contributed by atoms with van der Waals surface area (Å²) in [5, 5.41) is 0. The van der Waals surface area contributed by atoms with Crippen LogP contribution in [-0.4, -0.2) is 45.6 Å². The fourth-order valence-electron chi connectivity index (χ4n) is 4.75. The molecule has 0 spiro atoms. The van der Waals surface area contributed by atoms with Crippen molar-refractivity contribution in [3.8, 4) is 0 Å². The third-order valence-electron chi connectivity index (χ3n) is 6.39. The van der Waals surface area contributed by atoms with Crippen molar-refractivity contribution in [3.63, 3.8) is 0 Å². The molecule has 3 heterocycles. The Morgan fingerprint density at radius 2 is 1.73 bits per heavy atom. The van der Waals surface area contributed by atoms with Crippen LogP contribution < -0.4 is 4.90 Å². The average Bonchev–Trinajstić information content (AvgIpc) is 3.14. The molecule has 0 amide bonds. The molecular formula is C25H35N5. The highest BCUT2D eigenvalue weighted by atomic mass is 15.2. The van der Waals surface area contributed by atoms with Crippen LogP contribution in [0.25, 0.3) is 11.2 Å². The molecule has 1 fully saturated rings. The zero-order chi connectivity index (χ0) is 20.9. The summed E-state index contributed by atoms with van der Waals surface area (Å²) in [4.78, 5) is 14.5. The smallest absolute Gasteiger partial charge is 0.160 e. The SMILES string of the molecule is CCCc1nc2cccnc2n1C1CCN(Cc2ccc(N(CC)CC)cc2)CC1. The van der Waals surface area contributed by atoms with Crippen molar-refractivity contribution in [2.45, 2.75) is 59.0 Å². The zero-order valence-electron chi connectivity index (χ0n) is 18.7. The summed E-state index contributed by atoms with van der Waals surface area (Å²) in [5.41, 5.74) is 4.83. The largest absolute Gasteiger partial charge is 0.372 e. The summed E-state index contributed by atoms with van der Waals surface area (Å²) in [6.45, 7) is 12.1. The number of fused-ring (bicyclic) bond motifs is 1. The molecule has 30 heavy (non-hydrogen) atoms. The van der Waals surface area contributed by atoms with Crippen LogP contribution in [0.5, 0.6) is 0 Å². The van der Waals surface area contributed by atoms with Crippen LogP contribution in [0.3, 0.4) is 0 Å². The minimum atomic E-state index is 0.507. The molecule has 160 valence electrons. The van der Waals surface area contributed by atoms with Gasteiger partial charge >= 0.3 is 0 Å². The molecule has 0 unspecified atom stereocenters. The summed E-state index contributed by atoms with van der Waals surface area (Å²) in [5.74, 6) is 1.21. The number of aromatic nitrogens is 3. The maximum atomic E-state index is 4.88. The molecule has 1 aliphatic heterocycles. The van der Waals surface area contributed by atoms with Gasteiger partial charge in [-0.15, -0.1) is 0 Å². The topological polar surface area (TPSA) is 37.2 Å². The van der Waals surface area contributed by atoms with Gasteiger partial charge in [-0.25, -0.2) is 9.97 Å². The first-order chi connectivity index (χ1) is 14.7. The molecule has 0 N–H and O–H groups in total. The molecule has 5 nitrogen and oxygen atoms in total. The number of hydrogen-bond donors (Lipinski definition) is 0. The Bertz CT molecular complexity index is 934. The van der Waals surface area contributed by atoms with Crippen LogP contribution in [0.1, 0.15) is 57.5 Å². The number of anilines is 1. The van der Waals surface area contributed by atoms with Gasteiger partial charge in [-0.3, -0.25) is 4.90 Å². The van der Waals surface area contributed by atoms with Crippen LogP contribution in [0.15, 0.2) is 42.6 Å². The molecule has 0 radical (unpaired) electrons. The molecule has 1 aromatic carbocycles. The zero-order valence-corrected chi connectivity index (χ0v) is 18.7. The molecule has 4 rings (SSSR count). The normalized spacial score (nSPS) is 15.7. The van der Waals surface area contributed by atoms with Crippen LogP contribution in [0, 0.1) is 0 Å². The van der Waals surface area contributed by atoms with E-state index in [4.69, 9.17) is 4.98 Å². The Labute approximate surface area is 180 Å². The monoisotopic (exact) mass is 405 g/mol. The minimum Gasteiger partial charge on any atom is -0.372 e. The highest BCUT2D eigenvalue weighted by Crippen LogP contribution is 2.29. The highest BCUT2D eigenvalue weighted by molar-refractivity contribution is 5.71. The summed E-state index contributed by atoms with van der Waals surface area (Å²) in [6, 6.07) is 13.7. The second-order valence-corrected chi connectivity index (χ2v) is 8.34. The second kappa shape index (κ2) is 9.61. The van der Waals surface area contributed by atoms with E-state index in [0.717, 1.165) is 69.6 Å². The van der Waals surface area contributed by atoms with Gasteiger partial charge in [-0.05, 0) is 62.9 Å². The van der Waals surface area contributed by atoms with E-state index in [2.05, 4.69) is 70.5 Å². The van der Waals surface area contributed by atoms with Gasteiger partial charge in [0, 0.05) is 57.1 Å². The van der Waals surface area contributed by atoms with E-state index in [1.54, 1.807) is 0 Å². The van der Waals surface area contributed by atoms with Crippen LogP contribution >= 0.6 is 0 Å². The summed E-state index contributed by atoms with van der Waals surface area (Å²) >= 11 is 0. The number of pyridine rings is 1. The van der Waals surface area contributed by atoms with Crippen LogP contribution in [0.4, 0.5) is 5.69 Å². The maximum Gasteiger partial charge on any atom is 0.160 e. The van der Waals surface area contributed by atoms with E-state index < -0.39 is 0 Å². The molecule has 2 aromatic heterocycles. The van der Waals surface area contributed by atoms with Crippen molar-refractivity contribution in [1.29, 1.82) is 0 Å². The summed E-state index contributed by atoms with van der Waals surface area (Å²) in [7, 11) is 0. The fraction of sp³-hybridized carbons (Fsp3) is 0.520. The lowest BCUT2D eigenvalue weighted by molar-refractivity contribution is 0.179. The van der Waals surface area contributed by atoms with E-state index in [9.17, 15) is 0 Å². The molecule has 0 aliphatic carbocycles. The van der Waals surface area contributed by atoms with Gasteiger partial charge < -0.3 is 9.47 Å². The van der Waals surface area contributed by atoms with Gasteiger partial charge in [0.2, 0.25) is 0 Å². The van der Waals surface area contributed by atoms with E-state index in [1.807, 2.05) is 12.3 Å². The Morgan fingerprint density at radius 3 is 2.40 bits per heavy atom. The molecule has 1 aliphatic rings. The van der Waals surface area contributed by atoms with Crippen LogP contribution in [0.2, 0.25) is 0 Å². The average molecular weight is 406 g/mol. The number of benzene rings is 1. The number of hydrogen-bond acceptors (Lipinski definition) is 4. The lowest BCUT2D eigenvalue weighted by Gasteiger charge is -2.33. The van der Waals surface area contributed by atoms with Gasteiger partial charge in [0.25, 0.3) is 0 Å². The molecular weight excluding hydrogens is 370 g/mol. The quantitative estimate of drug-likeness (QED) is 0.524. The molecule has 1 saturated heterocycles. The highest BCUT2D eigenvalue weighted by Gasteiger charge is 2.24. The Kier molecular flexibility index (Phi) is 6.68. The van der Waals surface area contributed by atoms with Crippen molar-refractivity contribution >= 4 is 16.9 Å². The molecule has 5 heteroatoms. The van der Waals surface area contributed by atoms with Crippen molar-refractivity contribution in [3.05, 3.63) is 54.0 Å². The third-order valence-corrected chi connectivity index (χ3v) is 6.39. The number of rotatable bonds is 8. The fourth-order valence-corrected chi connectivity index (χ4v) is 4.75. The number of likely N-dealkylation sites (tertiary alicyclic amines) is 1. The summed E-state index contributed by atoms with van der Waals surface area (Å²) < 4.78 is 2.44. The van der Waals surface area contributed by atoms with E-state index >= 15 is 0 Å². The predicted molar refractivity (Wildman–Crippen MR) is 125 cm³/mol. The number of imidazole rings is 1. The first-order valence-electron chi connectivity index (χ1n) is 11.6. The Balaban J connectivity index is 1.41. The van der Waals surface area contributed by atoms with Crippen molar-refractivity contribution in [2.24, 2.45) is 0 Å². The van der Waals surface area contributed by atoms with Crippen molar-refractivity contribution < 1.29 is 0 Å². The first-order valence-corrected chi connectivity index (χ1v) is 11.6. The minimum absolute atomic E-state index is 0.507. The predicted octanol–water partition coefficient (Wildman–Crippen LogP) is 5.07. The third kappa shape index (κ3) is 4.36. The molecule has 0 saturated carbocycles. The first kappa shape index (κ1) is 20.9. The van der Waals surface area contributed by atoms with Crippen molar-refractivity contribution in [1.82, 2.24) is 19.4 Å². The lowest BCUT2D eigenvalue weighted by atomic mass is 10.0. The lowest BCUT2D eigenvalue weighted by Crippen LogP contribution is -2.34. The van der Waals surface area contributed by atoms with Gasteiger partial charge in [0.15, 0.2) is 5.65 Å². The molecule has 0 bridgehead atoms. The van der Waals surface area contributed by atoms with E-state index in [1.165, 1.54) is 17.1 Å². The summed E-state index contributed by atoms with van der Waals surface area (Å²) in [6.07, 6.45) is 6.36. The van der Waals surface area contributed by atoms with E-state index in [-0.39, 0.29) is 0 Å². The van der Waals surface area contributed by atoms with Gasteiger partial charge in [0.05, 0.1) is 0 Å². The van der Waals surface area contributed by atoms with E-state index in [0.29, 0.717) is 6.04 Å². The Morgan fingerprint density at radius 1 is 1.00 bits per heavy atom. The second-order valence-electron chi connectivity index (χ2n) is 8.34. The van der Waals surface area contributed by atoms with Gasteiger partial charge in [-0.1, -0.05) is 19.1 Å².